The van der Waals surface area contributed by atoms with Crippen molar-refractivity contribution in [1.82, 2.24) is 9.46 Å². The molecular weight excluding hydrogens is 456 g/mol. The second kappa shape index (κ2) is 8.99. The van der Waals surface area contributed by atoms with Gasteiger partial charge in [-0.2, -0.15) is 9.46 Å². The van der Waals surface area contributed by atoms with Crippen LogP contribution in [0.2, 0.25) is 0 Å². The lowest BCUT2D eigenvalue weighted by Gasteiger charge is -2.17. The first kappa shape index (κ1) is 22.8. The molecule has 0 spiro atoms. The van der Waals surface area contributed by atoms with Gasteiger partial charge in [0.25, 0.3) is 11.8 Å². The van der Waals surface area contributed by atoms with E-state index in [9.17, 15) is 20.0 Å². The Morgan fingerprint density at radius 2 is 0.972 bits per heavy atom. The van der Waals surface area contributed by atoms with Gasteiger partial charge in [0.15, 0.2) is 0 Å². The Hall–Kier alpha value is -4.98. The number of hydrogen-bond acceptors (Lipinski definition) is 4. The summed E-state index contributed by atoms with van der Waals surface area (Å²) in [6.07, 6.45) is 0. The molecular formula is C28H22N4O4. The third kappa shape index (κ3) is 3.94. The van der Waals surface area contributed by atoms with Crippen LogP contribution in [0, 0.1) is 13.8 Å². The molecule has 3 aromatic carbocycles. The zero-order chi connectivity index (χ0) is 25.4. The molecule has 178 valence electrons. The van der Waals surface area contributed by atoms with Crippen molar-refractivity contribution in [2.45, 2.75) is 13.8 Å². The average molecular weight is 479 g/mol. The summed E-state index contributed by atoms with van der Waals surface area (Å²) in [7, 11) is 0. The van der Waals surface area contributed by atoms with Crippen molar-refractivity contribution in [3.63, 3.8) is 0 Å². The molecule has 1 heterocycles. The number of carbonyl (C=O) groups excluding carboxylic acids is 2. The highest BCUT2D eigenvalue weighted by Gasteiger charge is 2.18. The Labute approximate surface area is 205 Å². The maximum Gasteiger partial charge on any atom is 0.277 e. The Morgan fingerprint density at radius 3 is 1.36 bits per heavy atom. The summed E-state index contributed by atoms with van der Waals surface area (Å²) < 4.78 is 1.81. The Kier molecular flexibility index (Phi) is 5.69. The van der Waals surface area contributed by atoms with Gasteiger partial charge in [-0.15, -0.1) is 0 Å². The van der Waals surface area contributed by atoms with E-state index in [1.54, 1.807) is 74.5 Å². The fourth-order valence-corrected chi connectivity index (χ4v) is 4.12. The molecule has 0 bridgehead atoms. The highest BCUT2D eigenvalue weighted by atomic mass is 16.5. The topological polar surface area (TPSA) is 109 Å². The molecule has 5 rings (SSSR count). The highest BCUT2D eigenvalue weighted by molar-refractivity contribution is 5.97. The molecule has 0 atom stereocenters. The van der Waals surface area contributed by atoms with E-state index < -0.39 is 11.8 Å². The van der Waals surface area contributed by atoms with Crippen LogP contribution in [0.3, 0.4) is 0 Å². The van der Waals surface area contributed by atoms with E-state index in [1.165, 1.54) is 12.1 Å². The molecule has 2 amide bonds. The summed E-state index contributed by atoms with van der Waals surface area (Å²) in [5.41, 5.74) is 3.33. The fraction of sp³-hybridized carbons (Fsp3) is 0.0714. The minimum Gasteiger partial charge on any atom is -0.428 e. The van der Waals surface area contributed by atoms with E-state index >= 15 is 0 Å². The lowest BCUT2D eigenvalue weighted by molar-refractivity contribution is 0.0985. The van der Waals surface area contributed by atoms with Gasteiger partial charge in [0.2, 0.25) is 0 Å². The minimum atomic E-state index is -0.519. The number of amides is 2. The zero-order valence-electron chi connectivity index (χ0n) is 19.6. The van der Waals surface area contributed by atoms with Gasteiger partial charge in [-0.1, -0.05) is 48.5 Å². The van der Waals surface area contributed by atoms with E-state index in [4.69, 9.17) is 0 Å². The maximum absolute atomic E-state index is 13.1. The fourth-order valence-electron chi connectivity index (χ4n) is 4.12. The van der Waals surface area contributed by atoms with Gasteiger partial charge in [-0.3, -0.25) is 9.59 Å². The van der Waals surface area contributed by atoms with Crippen LogP contribution in [0.15, 0.2) is 94.9 Å². The van der Waals surface area contributed by atoms with Crippen LogP contribution in [-0.4, -0.2) is 31.7 Å². The molecule has 0 unspecified atom stereocenters. The first-order chi connectivity index (χ1) is 17.3. The number of hydrogen-bond donors (Lipinski definition) is 2. The van der Waals surface area contributed by atoms with Crippen LogP contribution in [-0.2, 0) is 0 Å². The van der Waals surface area contributed by atoms with Gasteiger partial charge < -0.3 is 10.4 Å². The number of carbonyl (C=O) groups is 2. The van der Waals surface area contributed by atoms with Crippen molar-refractivity contribution < 1.29 is 20.0 Å². The summed E-state index contributed by atoms with van der Waals surface area (Å²) in [6, 6.07) is 23.6. The molecule has 8 heteroatoms. The van der Waals surface area contributed by atoms with Crippen LogP contribution < -0.4 is 10.7 Å². The lowest BCUT2D eigenvalue weighted by atomic mass is 10.1. The van der Waals surface area contributed by atoms with E-state index in [1.807, 2.05) is 12.1 Å². The summed E-state index contributed by atoms with van der Waals surface area (Å²) in [6.45, 7) is 3.61. The third-order valence-corrected chi connectivity index (χ3v) is 6.06. The molecule has 36 heavy (non-hydrogen) atoms. The molecule has 0 saturated heterocycles. The molecule has 2 aliphatic rings. The monoisotopic (exact) mass is 478 g/mol. The molecule has 3 aromatic rings. The zero-order valence-corrected chi connectivity index (χ0v) is 19.6. The third-order valence-electron chi connectivity index (χ3n) is 6.06. The minimum absolute atomic E-state index is 0.0794. The van der Waals surface area contributed by atoms with Gasteiger partial charge in [-0.25, -0.2) is 9.98 Å². The van der Waals surface area contributed by atoms with Crippen molar-refractivity contribution in [2.75, 3.05) is 0 Å². The molecule has 0 saturated carbocycles. The van der Waals surface area contributed by atoms with Crippen LogP contribution in [0.5, 0.6) is 0 Å². The van der Waals surface area contributed by atoms with E-state index in [2.05, 4.69) is 9.98 Å². The summed E-state index contributed by atoms with van der Waals surface area (Å²) in [5, 5.41) is 22.0. The number of benzene rings is 4. The molecule has 8 nitrogen and oxygen atoms in total. The van der Waals surface area contributed by atoms with Crippen LogP contribution in [0.1, 0.15) is 31.8 Å². The molecule has 0 aromatic heterocycles. The molecule has 0 fully saturated rings. The Bertz CT molecular complexity index is 1650. The average Bonchev–Trinajstić information content (AvgIpc) is 2.88. The van der Waals surface area contributed by atoms with Gasteiger partial charge in [0.05, 0.1) is 10.7 Å². The van der Waals surface area contributed by atoms with E-state index in [-0.39, 0.29) is 22.1 Å². The molecule has 0 radical (unpaired) electrons. The molecule has 2 N–H and O–H groups in total. The number of nitrogens with zero attached hydrogens (tertiary/aromatic N) is 4. The number of aromatic nitrogens is 2. The van der Waals surface area contributed by atoms with Gasteiger partial charge in [0, 0.05) is 11.1 Å². The number of para-hydroxylation sites is 2. The quantitative estimate of drug-likeness (QED) is 0.294. The second-order valence-corrected chi connectivity index (χ2v) is 8.41. The highest BCUT2D eigenvalue weighted by Crippen LogP contribution is 2.24. The van der Waals surface area contributed by atoms with Crippen molar-refractivity contribution in [3.05, 3.63) is 118 Å². The van der Waals surface area contributed by atoms with Crippen LogP contribution in [0.25, 0.3) is 22.4 Å². The summed E-state index contributed by atoms with van der Waals surface area (Å²) in [4.78, 5) is 34.7. The van der Waals surface area contributed by atoms with Gasteiger partial charge in [0.1, 0.15) is 22.4 Å². The van der Waals surface area contributed by atoms with Crippen molar-refractivity contribution in [3.8, 4) is 11.4 Å². The largest absolute Gasteiger partial charge is 0.428 e. The molecule has 1 aliphatic carbocycles. The van der Waals surface area contributed by atoms with Crippen LogP contribution in [0.4, 0.5) is 0 Å². The lowest BCUT2D eigenvalue weighted by Crippen LogP contribution is -2.31. The maximum atomic E-state index is 13.1. The summed E-state index contributed by atoms with van der Waals surface area (Å²) >= 11 is 0. The van der Waals surface area contributed by atoms with Crippen molar-refractivity contribution in [2.24, 2.45) is 9.98 Å². The Balaban J connectivity index is 1.84. The Morgan fingerprint density at radius 1 is 0.611 bits per heavy atom. The standard InChI is InChI=1S/C28H22N4O4/c1-17-9-3-5-11-19(17)27(33)29-21-15-25-26(32(36)24-14-8-7-13-23(24)31(25)35)16-22(21)30-28(34)20-12-6-4-10-18(20)2/h3-16,35-36H,1-2H3. The molecule has 1 aliphatic heterocycles. The summed E-state index contributed by atoms with van der Waals surface area (Å²) in [5.74, 6) is -1.04. The van der Waals surface area contributed by atoms with E-state index in [0.29, 0.717) is 22.2 Å². The first-order valence-electron chi connectivity index (χ1n) is 11.2. The SMILES string of the molecule is Cc1ccccc1C(=O)N=c1cc2n(O)c3ccccc3n(O)c-2cc1=NC(=O)c1ccccc1C. The van der Waals surface area contributed by atoms with Gasteiger partial charge >= 0.3 is 0 Å². The van der Waals surface area contributed by atoms with Gasteiger partial charge in [-0.05, 0) is 61.4 Å². The predicted molar refractivity (Wildman–Crippen MR) is 133 cm³/mol. The number of rotatable bonds is 2. The van der Waals surface area contributed by atoms with Crippen LogP contribution >= 0.6 is 0 Å². The normalized spacial score (nSPS) is 12.4. The predicted octanol–water partition coefficient (Wildman–Crippen LogP) is 4.12. The van der Waals surface area contributed by atoms with Crippen molar-refractivity contribution >= 4 is 22.8 Å². The van der Waals surface area contributed by atoms with Crippen molar-refractivity contribution in [1.29, 1.82) is 0 Å². The number of fused-ring (bicyclic) bond motifs is 2. The second-order valence-electron chi connectivity index (χ2n) is 8.41. The first-order valence-corrected chi connectivity index (χ1v) is 11.2. The number of aryl methyl sites for hydroxylation is 2. The smallest absolute Gasteiger partial charge is 0.277 e. The van der Waals surface area contributed by atoms with E-state index in [0.717, 1.165) is 20.6 Å².